The van der Waals surface area contributed by atoms with E-state index < -0.39 is 10.0 Å². The number of carbonyl (C=O) groups is 1. The third kappa shape index (κ3) is 4.06. The van der Waals surface area contributed by atoms with Crippen LogP contribution in [0, 0.1) is 5.82 Å². The van der Waals surface area contributed by atoms with Crippen molar-refractivity contribution in [2.45, 2.75) is 11.3 Å². The Kier molecular flexibility index (Phi) is 5.60. The lowest BCUT2D eigenvalue weighted by Gasteiger charge is -2.34. The number of carbonyl (C=O) groups excluding carboxylic acids is 1. The van der Waals surface area contributed by atoms with Crippen molar-refractivity contribution < 1.29 is 17.6 Å². The minimum Gasteiger partial charge on any atom is -0.340 e. The first-order chi connectivity index (χ1) is 12.4. The van der Waals surface area contributed by atoms with Crippen LogP contribution in [0.2, 0.25) is 5.02 Å². The maximum Gasteiger partial charge on any atom is 0.244 e. The summed E-state index contributed by atoms with van der Waals surface area (Å²) in [5.74, 6) is -0.453. The van der Waals surface area contributed by atoms with Crippen LogP contribution in [0.1, 0.15) is 5.56 Å². The first-order valence-corrected chi connectivity index (χ1v) is 9.96. The predicted molar refractivity (Wildman–Crippen MR) is 96.9 cm³/mol. The SMILES string of the molecule is O=C(Cc1ccc(F)cc1)N1CCN(S(=O)(=O)c2ccccc2Cl)CC1. The van der Waals surface area contributed by atoms with Gasteiger partial charge in [-0.3, -0.25) is 4.79 Å². The van der Waals surface area contributed by atoms with Crippen molar-refractivity contribution in [1.29, 1.82) is 0 Å². The Morgan fingerprint density at radius 1 is 1.00 bits per heavy atom. The van der Waals surface area contributed by atoms with Crippen LogP contribution in [0.4, 0.5) is 4.39 Å². The minimum absolute atomic E-state index is 0.0766. The molecule has 0 unspecified atom stereocenters. The Hall–Kier alpha value is -1.96. The van der Waals surface area contributed by atoms with Gasteiger partial charge in [-0.25, -0.2) is 12.8 Å². The topological polar surface area (TPSA) is 57.7 Å². The average Bonchev–Trinajstić information content (AvgIpc) is 2.64. The van der Waals surface area contributed by atoms with E-state index in [0.29, 0.717) is 13.1 Å². The molecule has 2 aromatic carbocycles. The van der Waals surface area contributed by atoms with Gasteiger partial charge in [0.05, 0.1) is 11.4 Å². The van der Waals surface area contributed by atoms with Gasteiger partial charge < -0.3 is 4.90 Å². The third-order valence-corrected chi connectivity index (χ3v) is 6.71. The Bertz CT molecular complexity index is 895. The quantitative estimate of drug-likeness (QED) is 0.798. The van der Waals surface area contributed by atoms with E-state index in [9.17, 15) is 17.6 Å². The molecule has 1 amide bonds. The van der Waals surface area contributed by atoms with Crippen LogP contribution < -0.4 is 0 Å². The highest BCUT2D eigenvalue weighted by Crippen LogP contribution is 2.25. The molecular formula is C18H18ClFN2O3S. The monoisotopic (exact) mass is 396 g/mol. The van der Waals surface area contributed by atoms with Crippen molar-refractivity contribution in [1.82, 2.24) is 9.21 Å². The van der Waals surface area contributed by atoms with Crippen molar-refractivity contribution in [3.8, 4) is 0 Å². The van der Waals surface area contributed by atoms with Gasteiger partial charge in [0.25, 0.3) is 0 Å². The van der Waals surface area contributed by atoms with Crippen molar-refractivity contribution >= 4 is 27.5 Å². The molecule has 0 spiro atoms. The van der Waals surface area contributed by atoms with Crippen LogP contribution in [0.3, 0.4) is 0 Å². The van der Waals surface area contributed by atoms with E-state index in [2.05, 4.69) is 0 Å². The number of nitrogens with zero attached hydrogens (tertiary/aromatic N) is 2. The van der Waals surface area contributed by atoms with Crippen LogP contribution in [0.25, 0.3) is 0 Å². The molecule has 26 heavy (non-hydrogen) atoms. The summed E-state index contributed by atoms with van der Waals surface area (Å²) >= 11 is 6.01. The first kappa shape index (κ1) is 18.8. The lowest BCUT2D eigenvalue weighted by Crippen LogP contribution is -2.50. The fourth-order valence-electron chi connectivity index (χ4n) is 2.86. The van der Waals surface area contributed by atoms with Gasteiger partial charge in [0.2, 0.25) is 15.9 Å². The van der Waals surface area contributed by atoms with Gasteiger partial charge in [-0.2, -0.15) is 4.31 Å². The van der Waals surface area contributed by atoms with Crippen LogP contribution in [-0.2, 0) is 21.2 Å². The summed E-state index contributed by atoms with van der Waals surface area (Å²) in [6, 6.07) is 12.1. The van der Waals surface area contributed by atoms with Gasteiger partial charge in [-0.15, -0.1) is 0 Å². The second-order valence-corrected chi connectivity index (χ2v) is 8.33. The summed E-state index contributed by atoms with van der Waals surface area (Å²) < 4.78 is 39.7. The molecule has 2 aromatic rings. The van der Waals surface area contributed by atoms with Crippen molar-refractivity contribution in [2.24, 2.45) is 0 Å². The Balaban J connectivity index is 1.62. The maximum atomic E-state index is 12.9. The Labute approximate surface area is 157 Å². The highest BCUT2D eigenvalue weighted by molar-refractivity contribution is 7.89. The molecule has 0 bridgehead atoms. The van der Waals surface area contributed by atoms with Gasteiger partial charge in [0.15, 0.2) is 0 Å². The lowest BCUT2D eigenvalue weighted by atomic mass is 10.1. The number of rotatable bonds is 4. The zero-order chi connectivity index (χ0) is 18.7. The second kappa shape index (κ2) is 7.73. The molecule has 0 saturated carbocycles. The van der Waals surface area contributed by atoms with E-state index in [1.165, 1.54) is 28.6 Å². The molecule has 1 heterocycles. The van der Waals surface area contributed by atoms with Crippen LogP contribution in [0.15, 0.2) is 53.4 Å². The number of amides is 1. The number of hydrogen-bond donors (Lipinski definition) is 0. The second-order valence-electron chi connectivity index (χ2n) is 6.02. The maximum absolute atomic E-state index is 12.9. The summed E-state index contributed by atoms with van der Waals surface area (Å²) in [5.41, 5.74) is 0.725. The van der Waals surface area contributed by atoms with Gasteiger partial charge in [-0.05, 0) is 29.8 Å². The number of sulfonamides is 1. The largest absolute Gasteiger partial charge is 0.340 e. The molecule has 0 radical (unpaired) electrons. The molecule has 0 aliphatic carbocycles. The normalized spacial score (nSPS) is 15.8. The molecule has 5 nitrogen and oxygen atoms in total. The van der Waals surface area contributed by atoms with E-state index >= 15 is 0 Å². The summed E-state index contributed by atoms with van der Waals surface area (Å²) in [6.45, 7) is 1.04. The predicted octanol–water partition coefficient (Wildman–Crippen LogP) is 2.55. The molecular weight excluding hydrogens is 379 g/mol. The lowest BCUT2D eigenvalue weighted by molar-refractivity contribution is -0.131. The molecule has 8 heteroatoms. The Morgan fingerprint density at radius 2 is 1.62 bits per heavy atom. The zero-order valence-electron chi connectivity index (χ0n) is 13.9. The van der Waals surface area contributed by atoms with Gasteiger partial charge >= 0.3 is 0 Å². The number of benzene rings is 2. The number of hydrogen-bond acceptors (Lipinski definition) is 3. The van der Waals surface area contributed by atoms with Crippen molar-refractivity contribution in [2.75, 3.05) is 26.2 Å². The van der Waals surface area contributed by atoms with E-state index in [4.69, 9.17) is 11.6 Å². The standard InChI is InChI=1S/C18H18ClFN2O3S/c19-16-3-1-2-4-17(16)26(24,25)22-11-9-21(10-12-22)18(23)13-14-5-7-15(20)8-6-14/h1-8H,9-13H2. The van der Waals surface area contributed by atoms with Gasteiger partial charge in [-0.1, -0.05) is 35.9 Å². The summed E-state index contributed by atoms with van der Waals surface area (Å²) in [7, 11) is -3.68. The fourth-order valence-corrected chi connectivity index (χ4v) is 4.77. The van der Waals surface area contributed by atoms with Crippen LogP contribution in [0.5, 0.6) is 0 Å². The minimum atomic E-state index is -3.68. The number of piperazine rings is 1. The average molecular weight is 397 g/mol. The molecule has 1 saturated heterocycles. The van der Waals surface area contributed by atoms with E-state index in [1.54, 1.807) is 29.2 Å². The van der Waals surface area contributed by atoms with Gasteiger partial charge in [0.1, 0.15) is 10.7 Å². The molecule has 1 fully saturated rings. The van der Waals surface area contributed by atoms with Crippen LogP contribution >= 0.6 is 11.6 Å². The number of halogens is 2. The Morgan fingerprint density at radius 3 is 2.23 bits per heavy atom. The molecule has 138 valence electrons. The molecule has 0 aromatic heterocycles. The molecule has 1 aliphatic heterocycles. The summed E-state index contributed by atoms with van der Waals surface area (Å²) in [4.78, 5) is 14.1. The van der Waals surface area contributed by atoms with Gasteiger partial charge in [0, 0.05) is 26.2 Å². The van der Waals surface area contributed by atoms with E-state index in [0.717, 1.165) is 5.56 Å². The smallest absolute Gasteiger partial charge is 0.244 e. The van der Waals surface area contributed by atoms with E-state index in [-0.39, 0.29) is 41.2 Å². The summed E-state index contributed by atoms with van der Waals surface area (Å²) in [5, 5.41) is 0.183. The fraction of sp³-hybridized carbons (Fsp3) is 0.278. The van der Waals surface area contributed by atoms with Crippen molar-refractivity contribution in [3.63, 3.8) is 0 Å². The molecule has 1 aliphatic rings. The highest BCUT2D eigenvalue weighted by atomic mass is 35.5. The molecule has 0 atom stereocenters. The molecule has 3 rings (SSSR count). The first-order valence-electron chi connectivity index (χ1n) is 8.15. The third-order valence-electron chi connectivity index (χ3n) is 4.31. The zero-order valence-corrected chi connectivity index (χ0v) is 15.5. The van der Waals surface area contributed by atoms with Crippen molar-refractivity contribution in [3.05, 3.63) is 64.9 Å². The summed E-state index contributed by atoms with van der Waals surface area (Å²) in [6.07, 6.45) is 0.164. The van der Waals surface area contributed by atoms with E-state index in [1.807, 2.05) is 0 Å². The molecule has 0 N–H and O–H groups in total. The van der Waals surface area contributed by atoms with Crippen LogP contribution in [-0.4, -0.2) is 49.7 Å². The highest BCUT2D eigenvalue weighted by Gasteiger charge is 2.31.